The number of rotatable bonds is 6. The first-order valence-electron chi connectivity index (χ1n) is 9.04. The Balaban J connectivity index is 1.65. The Hall–Kier alpha value is -2.26. The summed E-state index contributed by atoms with van der Waals surface area (Å²) in [5.74, 6) is 0.969. The van der Waals surface area contributed by atoms with E-state index in [0.717, 1.165) is 31.9 Å². The molecule has 0 radical (unpaired) electrons. The van der Waals surface area contributed by atoms with Crippen LogP contribution in [0, 0.1) is 6.92 Å². The number of ether oxygens (including phenoxy) is 1. The van der Waals surface area contributed by atoms with Gasteiger partial charge in [0, 0.05) is 43.5 Å². The zero-order valence-corrected chi connectivity index (χ0v) is 15.3. The van der Waals surface area contributed by atoms with Crippen LogP contribution in [0.4, 0.5) is 5.69 Å². The van der Waals surface area contributed by atoms with Gasteiger partial charge in [-0.25, -0.2) is 0 Å². The van der Waals surface area contributed by atoms with Crippen molar-refractivity contribution < 1.29 is 4.74 Å². The number of benzene rings is 2. The van der Waals surface area contributed by atoms with Crippen molar-refractivity contribution >= 4 is 5.69 Å². The van der Waals surface area contributed by atoms with Gasteiger partial charge in [-0.1, -0.05) is 43.0 Å². The van der Waals surface area contributed by atoms with Gasteiger partial charge < -0.3 is 9.64 Å². The van der Waals surface area contributed by atoms with Gasteiger partial charge in [-0.15, -0.1) is 0 Å². The average molecular weight is 336 g/mol. The number of hydrogen-bond donors (Lipinski definition) is 0. The van der Waals surface area contributed by atoms with Crippen molar-refractivity contribution in [2.24, 2.45) is 0 Å². The van der Waals surface area contributed by atoms with E-state index in [9.17, 15) is 0 Å². The van der Waals surface area contributed by atoms with Crippen LogP contribution in [-0.2, 0) is 6.54 Å². The standard InChI is InChI=1S/C22H28N2O/c1-4-14-25-22-11-6-5-9-20(22)17-23-12-13-24(19(3)16-23)21-10-7-8-18(2)15-21/h4-11,15,19H,1,12-14,16-17H2,2-3H3. The van der Waals surface area contributed by atoms with Gasteiger partial charge in [0.25, 0.3) is 0 Å². The molecule has 2 aromatic carbocycles. The second-order valence-corrected chi connectivity index (χ2v) is 6.82. The molecule has 3 heteroatoms. The van der Waals surface area contributed by atoms with E-state index in [2.05, 4.69) is 66.6 Å². The third-order valence-electron chi connectivity index (χ3n) is 4.77. The highest BCUT2D eigenvalue weighted by molar-refractivity contribution is 5.49. The van der Waals surface area contributed by atoms with E-state index in [0.29, 0.717) is 12.6 Å². The van der Waals surface area contributed by atoms with Crippen LogP contribution in [-0.4, -0.2) is 37.2 Å². The Morgan fingerprint density at radius 2 is 2.00 bits per heavy atom. The van der Waals surface area contributed by atoms with Crippen LogP contribution in [0.3, 0.4) is 0 Å². The predicted octanol–water partition coefficient (Wildman–Crippen LogP) is 4.27. The maximum absolute atomic E-state index is 5.80. The Morgan fingerprint density at radius 3 is 2.76 bits per heavy atom. The molecule has 3 rings (SSSR count). The minimum atomic E-state index is 0.497. The minimum absolute atomic E-state index is 0.497. The van der Waals surface area contributed by atoms with Gasteiger partial charge in [0.2, 0.25) is 0 Å². The maximum Gasteiger partial charge on any atom is 0.124 e. The molecule has 1 saturated heterocycles. The molecular formula is C22H28N2O. The third kappa shape index (κ3) is 4.43. The smallest absolute Gasteiger partial charge is 0.124 e. The average Bonchev–Trinajstić information content (AvgIpc) is 2.61. The highest BCUT2D eigenvalue weighted by Gasteiger charge is 2.24. The normalized spacial score (nSPS) is 18.2. The van der Waals surface area contributed by atoms with Crippen LogP contribution >= 0.6 is 0 Å². The van der Waals surface area contributed by atoms with Gasteiger partial charge in [0.15, 0.2) is 0 Å². The molecule has 1 unspecified atom stereocenters. The van der Waals surface area contributed by atoms with E-state index < -0.39 is 0 Å². The molecule has 0 aromatic heterocycles. The summed E-state index contributed by atoms with van der Waals surface area (Å²) < 4.78 is 5.80. The van der Waals surface area contributed by atoms with E-state index in [1.165, 1.54) is 16.8 Å². The van der Waals surface area contributed by atoms with Crippen LogP contribution in [0.15, 0.2) is 61.2 Å². The summed E-state index contributed by atoms with van der Waals surface area (Å²) in [5.41, 5.74) is 3.91. The van der Waals surface area contributed by atoms with Crippen molar-refractivity contribution in [1.29, 1.82) is 0 Å². The zero-order valence-electron chi connectivity index (χ0n) is 15.3. The Morgan fingerprint density at radius 1 is 1.16 bits per heavy atom. The number of hydrogen-bond acceptors (Lipinski definition) is 3. The van der Waals surface area contributed by atoms with E-state index in [1.54, 1.807) is 6.08 Å². The van der Waals surface area contributed by atoms with Gasteiger partial charge in [-0.05, 0) is 37.6 Å². The number of piperazine rings is 1. The van der Waals surface area contributed by atoms with E-state index in [1.807, 2.05) is 12.1 Å². The molecule has 2 aromatic rings. The molecule has 0 amide bonds. The lowest BCUT2D eigenvalue weighted by molar-refractivity contribution is 0.217. The molecule has 0 bridgehead atoms. The van der Waals surface area contributed by atoms with Crippen LogP contribution in [0.25, 0.3) is 0 Å². The molecule has 0 N–H and O–H groups in total. The number of anilines is 1. The van der Waals surface area contributed by atoms with Gasteiger partial charge >= 0.3 is 0 Å². The van der Waals surface area contributed by atoms with Crippen LogP contribution in [0.1, 0.15) is 18.1 Å². The van der Waals surface area contributed by atoms with Crippen molar-refractivity contribution in [3.05, 3.63) is 72.3 Å². The first-order valence-corrected chi connectivity index (χ1v) is 9.04. The summed E-state index contributed by atoms with van der Waals surface area (Å²) >= 11 is 0. The molecule has 0 saturated carbocycles. The molecule has 1 aliphatic heterocycles. The fourth-order valence-electron chi connectivity index (χ4n) is 3.53. The van der Waals surface area contributed by atoms with Gasteiger partial charge in [-0.3, -0.25) is 4.90 Å². The van der Waals surface area contributed by atoms with E-state index in [-0.39, 0.29) is 0 Å². The molecule has 1 fully saturated rings. The lowest BCUT2D eigenvalue weighted by Crippen LogP contribution is -2.51. The predicted molar refractivity (Wildman–Crippen MR) is 105 cm³/mol. The molecule has 3 nitrogen and oxygen atoms in total. The molecule has 0 spiro atoms. The van der Waals surface area contributed by atoms with E-state index in [4.69, 9.17) is 4.74 Å². The lowest BCUT2D eigenvalue weighted by Gasteiger charge is -2.41. The topological polar surface area (TPSA) is 15.7 Å². The second kappa shape index (κ2) is 8.21. The van der Waals surface area contributed by atoms with Crippen LogP contribution < -0.4 is 9.64 Å². The Bertz CT molecular complexity index is 713. The van der Waals surface area contributed by atoms with Crippen molar-refractivity contribution in [3.8, 4) is 5.75 Å². The summed E-state index contributed by atoms with van der Waals surface area (Å²) in [4.78, 5) is 5.04. The number of para-hydroxylation sites is 1. The SMILES string of the molecule is C=CCOc1ccccc1CN1CCN(c2cccc(C)c2)C(C)C1. The quantitative estimate of drug-likeness (QED) is 0.733. The van der Waals surface area contributed by atoms with Gasteiger partial charge in [0.1, 0.15) is 12.4 Å². The summed E-state index contributed by atoms with van der Waals surface area (Å²) in [5, 5.41) is 0. The van der Waals surface area contributed by atoms with E-state index >= 15 is 0 Å². The number of aryl methyl sites for hydroxylation is 1. The molecule has 1 aliphatic rings. The maximum atomic E-state index is 5.80. The number of nitrogens with zero attached hydrogens (tertiary/aromatic N) is 2. The van der Waals surface area contributed by atoms with Crippen molar-refractivity contribution in [2.45, 2.75) is 26.4 Å². The van der Waals surface area contributed by atoms with Crippen molar-refractivity contribution in [3.63, 3.8) is 0 Å². The zero-order chi connectivity index (χ0) is 17.6. The van der Waals surface area contributed by atoms with Crippen molar-refractivity contribution in [2.75, 3.05) is 31.1 Å². The molecule has 25 heavy (non-hydrogen) atoms. The first-order chi connectivity index (χ1) is 12.2. The van der Waals surface area contributed by atoms with Crippen LogP contribution in [0.2, 0.25) is 0 Å². The molecule has 0 aliphatic carbocycles. The molecule has 1 atom stereocenters. The summed E-state index contributed by atoms with van der Waals surface area (Å²) in [6.07, 6.45) is 1.79. The fourth-order valence-corrected chi connectivity index (χ4v) is 3.53. The first kappa shape index (κ1) is 17.6. The lowest BCUT2D eigenvalue weighted by atomic mass is 10.1. The molecule has 132 valence electrons. The van der Waals surface area contributed by atoms with Gasteiger partial charge in [-0.2, -0.15) is 0 Å². The molecular weight excluding hydrogens is 308 g/mol. The highest BCUT2D eigenvalue weighted by Crippen LogP contribution is 2.25. The summed E-state index contributed by atoms with van der Waals surface area (Å²) in [6.45, 7) is 12.9. The summed E-state index contributed by atoms with van der Waals surface area (Å²) in [7, 11) is 0. The molecule has 1 heterocycles. The highest BCUT2D eigenvalue weighted by atomic mass is 16.5. The third-order valence-corrected chi connectivity index (χ3v) is 4.77. The minimum Gasteiger partial charge on any atom is -0.489 e. The van der Waals surface area contributed by atoms with Crippen molar-refractivity contribution in [1.82, 2.24) is 4.90 Å². The largest absolute Gasteiger partial charge is 0.489 e. The monoisotopic (exact) mass is 336 g/mol. The second-order valence-electron chi connectivity index (χ2n) is 6.82. The fraction of sp³-hybridized carbons (Fsp3) is 0.364. The Kier molecular flexibility index (Phi) is 5.77. The summed E-state index contributed by atoms with van der Waals surface area (Å²) in [6, 6.07) is 17.6. The Labute approximate surface area is 151 Å². The van der Waals surface area contributed by atoms with Crippen LogP contribution in [0.5, 0.6) is 5.75 Å². The van der Waals surface area contributed by atoms with Gasteiger partial charge in [0.05, 0.1) is 0 Å².